The Morgan fingerprint density at radius 2 is 1.84 bits per heavy atom. The van der Waals surface area contributed by atoms with Crippen molar-refractivity contribution in [1.82, 2.24) is 20.3 Å². The van der Waals surface area contributed by atoms with Crippen LogP contribution >= 0.6 is 38.6 Å². The van der Waals surface area contributed by atoms with Crippen LogP contribution in [-0.4, -0.2) is 39.2 Å². The Balaban J connectivity index is 1.49. The molecular weight excluding hydrogens is 591 g/mol. The minimum atomic E-state index is -4.41. The van der Waals surface area contributed by atoms with Crippen LogP contribution in [0.1, 0.15) is 31.9 Å². The molecule has 13 heteroatoms. The van der Waals surface area contributed by atoms with Gasteiger partial charge in [0.25, 0.3) is 0 Å². The Bertz CT molecular complexity index is 1350. The standard InChI is InChI=1S/C24H23BrF3N5O2S2/c1-23(2,3)35-22(34)31-15(10-13-4-6-14(7-5-13)24(26,27)28)11-30-21-33-19(25)18(37-21)20-32-16-8-9-29-12-17(16)36-20/h4-9,12,15H,10-11H2,1-3H3,(H,30,33)(H,31,34)/t15-/m0/s1. The molecule has 4 aromatic rings. The van der Waals surface area contributed by atoms with Gasteiger partial charge in [0.1, 0.15) is 15.2 Å². The van der Waals surface area contributed by atoms with Crippen molar-refractivity contribution in [3.05, 3.63) is 58.5 Å². The van der Waals surface area contributed by atoms with E-state index in [2.05, 4.69) is 41.5 Å². The van der Waals surface area contributed by atoms with E-state index in [1.807, 2.05) is 6.07 Å². The van der Waals surface area contributed by atoms with Crippen molar-refractivity contribution < 1.29 is 22.7 Å². The molecule has 0 aliphatic carbocycles. The number of pyridine rings is 1. The molecule has 196 valence electrons. The third-order valence-corrected chi connectivity index (χ3v) is 7.96. The van der Waals surface area contributed by atoms with E-state index in [1.54, 1.807) is 33.2 Å². The Kier molecular flexibility index (Phi) is 8.05. The first-order valence-electron chi connectivity index (χ1n) is 11.1. The first-order chi connectivity index (χ1) is 17.4. The van der Waals surface area contributed by atoms with Crippen molar-refractivity contribution in [2.24, 2.45) is 0 Å². The van der Waals surface area contributed by atoms with Crippen molar-refractivity contribution in [3.63, 3.8) is 0 Å². The first kappa shape index (κ1) is 27.3. The van der Waals surface area contributed by atoms with E-state index < -0.39 is 29.5 Å². The predicted octanol–water partition coefficient (Wildman–Crippen LogP) is 7.14. The van der Waals surface area contributed by atoms with Gasteiger partial charge in [0.2, 0.25) is 0 Å². The molecule has 0 saturated heterocycles. The van der Waals surface area contributed by atoms with Crippen LogP contribution in [0.3, 0.4) is 0 Å². The van der Waals surface area contributed by atoms with Crippen molar-refractivity contribution in [2.45, 2.75) is 45.0 Å². The van der Waals surface area contributed by atoms with Gasteiger partial charge < -0.3 is 15.4 Å². The van der Waals surface area contributed by atoms with Gasteiger partial charge in [0, 0.05) is 18.9 Å². The minimum Gasteiger partial charge on any atom is -0.444 e. The number of alkyl halides is 3. The van der Waals surface area contributed by atoms with Gasteiger partial charge >= 0.3 is 12.3 Å². The van der Waals surface area contributed by atoms with Gasteiger partial charge in [-0.2, -0.15) is 13.2 Å². The maximum Gasteiger partial charge on any atom is 0.416 e. The lowest BCUT2D eigenvalue weighted by atomic mass is 10.0. The van der Waals surface area contributed by atoms with Crippen molar-refractivity contribution in [1.29, 1.82) is 0 Å². The first-order valence-corrected chi connectivity index (χ1v) is 13.6. The quantitative estimate of drug-likeness (QED) is 0.230. The molecule has 3 heterocycles. The van der Waals surface area contributed by atoms with Crippen molar-refractivity contribution in [3.8, 4) is 9.88 Å². The number of benzene rings is 1. The van der Waals surface area contributed by atoms with E-state index >= 15 is 0 Å². The van der Waals surface area contributed by atoms with Crippen LogP contribution in [-0.2, 0) is 17.3 Å². The molecule has 4 rings (SSSR count). The van der Waals surface area contributed by atoms with Crippen LogP contribution in [0.4, 0.5) is 23.1 Å². The molecule has 0 saturated carbocycles. The second-order valence-corrected chi connectivity index (χ2v) is 11.9. The predicted molar refractivity (Wildman–Crippen MR) is 143 cm³/mol. The summed E-state index contributed by atoms with van der Waals surface area (Å²) in [5.41, 5.74) is 0.0675. The second-order valence-electron chi connectivity index (χ2n) is 9.12. The minimum absolute atomic E-state index is 0.267. The number of rotatable bonds is 7. The lowest BCUT2D eigenvalue weighted by Gasteiger charge is -2.24. The zero-order valence-corrected chi connectivity index (χ0v) is 23.2. The van der Waals surface area contributed by atoms with Gasteiger partial charge in [-0.05, 0) is 66.9 Å². The zero-order chi connectivity index (χ0) is 26.8. The number of thiazole rings is 2. The average molecular weight is 615 g/mol. The molecule has 0 aliphatic heterocycles. The summed E-state index contributed by atoms with van der Waals surface area (Å²) in [4.78, 5) is 26.6. The number of halogens is 4. The number of fused-ring (bicyclic) bond motifs is 1. The number of anilines is 1. The molecule has 1 aromatic carbocycles. The number of aromatic nitrogens is 3. The highest BCUT2D eigenvalue weighted by molar-refractivity contribution is 9.10. The number of nitrogens with zero attached hydrogens (tertiary/aromatic N) is 3. The Morgan fingerprint density at radius 3 is 2.49 bits per heavy atom. The Labute approximate surface area is 227 Å². The van der Waals surface area contributed by atoms with E-state index in [0.29, 0.717) is 15.3 Å². The van der Waals surface area contributed by atoms with Gasteiger partial charge in [-0.1, -0.05) is 23.5 Å². The number of ether oxygens (including phenoxy) is 1. The van der Waals surface area contributed by atoms with Gasteiger partial charge in [-0.15, -0.1) is 11.3 Å². The lowest BCUT2D eigenvalue weighted by Crippen LogP contribution is -2.43. The molecule has 0 spiro atoms. The molecule has 37 heavy (non-hydrogen) atoms. The fraction of sp³-hybridized carbons (Fsp3) is 0.333. The highest BCUT2D eigenvalue weighted by Gasteiger charge is 2.30. The normalized spacial score (nSPS) is 12.9. The summed E-state index contributed by atoms with van der Waals surface area (Å²) in [5, 5.41) is 7.43. The van der Waals surface area contributed by atoms with E-state index in [4.69, 9.17) is 4.74 Å². The van der Waals surface area contributed by atoms with Crippen LogP contribution < -0.4 is 10.6 Å². The molecule has 0 bridgehead atoms. The molecule has 1 atom stereocenters. The van der Waals surface area contributed by atoms with E-state index in [1.165, 1.54) is 34.8 Å². The average Bonchev–Trinajstić information content (AvgIpc) is 3.39. The third-order valence-electron chi connectivity index (χ3n) is 4.96. The Hall–Kier alpha value is -2.77. The summed E-state index contributed by atoms with van der Waals surface area (Å²) in [6.45, 7) is 5.52. The van der Waals surface area contributed by atoms with Crippen molar-refractivity contribution in [2.75, 3.05) is 11.9 Å². The van der Waals surface area contributed by atoms with Gasteiger partial charge in [0.05, 0.1) is 26.7 Å². The number of carbonyl (C=O) groups is 1. The van der Waals surface area contributed by atoms with Crippen LogP contribution in [0.5, 0.6) is 0 Å². The van der Waals surface area contributed by atoms with Crippen molar-refractivity contribution >= 4 is 60.0 Å². The molecule has 3 aromatic heterocycles. The van der Waals surface area contributed by atoms with Crippen LogP contribution in [0, 0.1) is 0 Å². The van der Waals surface area contributed by atoms with Gasteiger partial charge in [-0.3, -0.25) is 4.98 Å². The second kappa shape index (κ2) is 10.9. The number of carbonyl (C=O) groups excluding carboxylic acids is 1. The summed E-state index contributed by atoms with van der Waals surface area (Å²) >= 11 is 6.40. The molecular formula is C24H23BrF3N5O2S2. The molecule has 0 unspecified atom stereocenters. The summed E-state index contributed by atoms with van der Waals surface area (Å²) in [7, 11) is 0. The topological polar surface area (TPSA) is 89.0 Å². The highest BCUT2D eigenvalue weighted by atomic mass is 79.9. The Morgan fingerprint density at radius 1 is 1.11 bits per heavy atom. The summed E-state index contributed by atoms with van der Waals surface area (Å²) < 4.78 is 45.8. The van der Waals surface area contributed by atoms with E-state index in [-0.39, 0.29) is 13.0 Å². The van der Waals surface area contributed by atoms with Crippen LogP contribution in [0.15, 0.2) is 47.3 Å². The molecule has 0 aliphatic rings. The summed E-state index contributed by atoms with van der Waals surface area (Å²) in [6, 6.07) is 6.25. The lowest BCUT2D eigenvalue weighted by molar-refractivity contribution is -0.137. The third kappa shape index (κ3) is 7.39. The maximum absolute atomic E-state index is 12.9. The van der Waals surface area contributed by atoms with E-state index in [9.17, 15) is 18.0 Å². The van der Waals surface area contributed by atoms with Crippen LogP contribution in [0.2, 0.25) is 0 Å². The molecule has 7 nitrogen and oxygen atoms in total. The highest BCUT2D eigenvalue weighted by Crippen LogP contribution is 2.40. The largest absolute Gasteiger partial charge is 0.444 e. The summed E-state index contributed by atoms with van der Waals surface area (Å²) in [6.07, 6.45) is -1.29. The molecule has 1 amide bonds. The molecule has 0 radical (unpaired) electrons. The SMILES string of the molecule is CC(C)(C)OC(=O)N[C@H](CNc1nc(Br)c(-c2nc3ccncc3s2)s1)Cc1ccc(C(F)(F)F)cc1. The zero-order valence-electron chi connectivity index (χ0n) is 20.0. The number of nitrogens with one attached hydrogen (secondary N) is 2. The number of alkyl carbamates (subject to hydrolysis) is 1. The number of amides is 1. The maximum atomic E-state index is 12.9. The summed E-state index contributed by atoms with van der Waals surface area (Å²) in [5.74, 6) is 0. The fourth-order valence-corrected chi connectivity index (χ4v) is 6.09. The molecule has 2 N–H and O–H groups in total. The number of hydrogen-bond acceptors (Lipinski definition) is 8. The smallest absolute Gasteiger partial charge is 0.416 e. The van der Waals surface area contributed by atoms with Gasteiger partial charge in [-0.25, -0.2) is 14.8 Å². The monoisotopic (exact) mass is 613 g/mol. The van der Waals surface area contributed by atoms with Gasteiger partial charge in [0.15, 0.2) is 5.13 Å². The van der Waals surface area contributed by atoms with E-state index in [0.717, 1.165) is 32.2 Å². The molecule has 0 fully saturated rings. The number of hydrogen-bond donors (Lipinski definition) is 2. The fourth-order valence-electron chi connectivity index (χ4n) is 3.36. The van der Waals surface area contributed by atoms with Crippen LogP contribution in [0.25, 0.3) is 20.1 Å².